The number of esters is 3. The van der Waals surface area contributed by atoms with Crippen LogP contribution in [0.15, 0.2) is 72.9 Å². The molecule has 0 heterocycles. The SMILES string of the molecule is CC/C=C\C/C=C\C/C=C\C/C=C\C/C=C\CCCCCCCCCCCCCCCC(=O)OCC(COC(=O)CCCCCCC)OC(=O)CCCCCCC/C=C\CCCCCC. The van der Waals surface area contributed by atoms with E-state index in [1.165, 1.54) is 116 Å². The van der Waals surface area contributed by atoms with Gasteiger partial charge in [-0.2, -0.15) is 0 Å². The lowest BCUT2D eigenvalue weighted by Gasteiger charge is -2.18. The average Bonchev–Trinajstić information content (AvgIpc) is 3.30. The molecule has 0 aromatic heterocycles. The number of carbonyl (C=O) groups is 3. The Labute approximate surface area is 402 Å². The van der Waals surface area contributed by atoms with Gasteiger partial charge in [0, 0.05) is 19.3 Å². The van der Waals surface area contributed by atoms with Crippen LogP contribution in [-0.4, -0.2) is 37.2 Å². The van der Waals surface area contributed by atoms with Crippen molar-refractivity contribution in [2.24, 2.45) is 0 Å². The number of hydrogen-bond acceptors (Lipinski definition) is 6. The van der Waals surface area contributed by atoms with Gasteiger partial charge in [-0.25, -0.2) is 0 Å². The van der Waals surface area contributed by atoms with Gasteiger partial charge < -0.3 is 14.2 Å². The molecule has 0 aliphatic heterocycles. The molecule has 0 aromatic carbocycles. The number of allylic oxidation sites excluding steroid dienone is 12. The molecular formula is C59H102O6. The molecule has 6 nitrogen and oxygen atoms in total. The third kappa shape index (κ3) is 51.7. The zero-order valence-corrected chi connectivity index (χ0v) is 42.7. The minimum absolute atomic E-state index is 0.0778. The number of rotatable bonds is 49. The lowest BCUT2D eigenvalue weighted by Crippen LogP contribution is -2.30. The van der Waals surface area contributed by atoms with Gasteiger partial charge in [-0.05, 0) is 89.9 Å². The van der Waals surface area contributed by atoms with Crippen LogP contribution in [0.2, 0.25) is 0 Å². The summed E-state index contributed by atoms with van der Waals surface area (Å²) in [5, 5.41) is 0. The predicted octanol–water partition coefficient (Wildman–Crippen LogP) is 18.2. The second kappa shape index (κ2) is 53.5. The van der Waals surface area contributed by atoms with Gasteiger partial charge in [0.25, 0.3) is 0 Å². The molecule has 0 saturated heterocycles. The van der Waals surface area contributed by atoms with Crippen LogP contribution in [0, 0.1) is 0 Å². The van der Waals surface area contributed by atoms with Gasteiger partial charge in [0.2, 0.25) is 0 Å². The molecule has 0 aliphatic rings. The van der Waals surface area contributed by atoms with Crippen LogP contribution in [-0.2, 0) is 28.6 Å². The minimum atomic E-state index is -0.774. The molecule has 1 unspecified atom stereocenters. The van der Waals surface area contributed by atoms with E-state index < -0.39 is 6.10 Å². The highest BCUT2D eigenvalue weighted by atomic mass is 16.6. The average molecular weight is 907 g/mol. The minimum Gasteiger partial charge on any atom is -0.462 e. The van der Waals surface area contributed by atoms with Gasteiger partial charge in [-0.3, -0.25) is 14.4 Å². The van der Waals surface area contributed by atoms with Crippen LogP contribution >= 0.6 is 0 Å². The van der Waals surface area contributed by atoms with Crippen molar-refractivity contribution in [2.45, 2.75) is 271 Å². The number of hydrogen-bond donors (Lipinski definition) is 0. The van der Waals surface area contributed by atoms with Gasteiger partial charge in [-0.15, -0.1) is 0 Å². The molecule has 0 aromatic rings. The number of ether oxygens (including phenoxy) is 3. The monoisotopic (exact) mass is 907 g/mol. The van der Waals surface area contributed by atoms with Crippen molar-refractivity contribution >= 4 is 17.9 Å². The summed E-state index contributed by atoms with van der Waals surface area (Å²) in [5.41, 5.74) is 0. The standard InChI is InChI=1S/C59H102O6/c1-4-7-10-13-15-17-19-21-22-23-24-25-26-27-28-29-30-31-32-33-34-35-36-38-39-41-43-46-49-52-58(61)64-55-56(54-63-57(60)51-48-45-12-9-6-3)65-59(62)53-50-47-44-42-40-37-20-18-16-14-11-8-5-2/h7,10,15,17-18,20-22,24-25,27-28,56H,4-6,8-9,11-14,16,19,23,26,29-55H2,1-3H3/b10-7-,17-15-,20-18-,22-21-,25-24-,28-27-. The Morgan fingerprint density at radius 3 is 0.969 bits per heavy atom. The third-order valence-electron chi connectivity index (χ3n) is 11.7. The second-order valence-corrected chi connectivity index (χ2v) is 18.1. The van der Waals surface area contributed by atoms with E-state index >= 15 is 0 Å². The second-order valence-electron chi connectivity index (χ2n) is 18.1. The van der Waals surface area contributed by atoms with E-state index in [0.29, 0.717) is 19.3 Å². The van der Waals surface area contributed by atoms with E-state index in [0.717, 1.165) is 109 Å². The first-order valence-corrected chi connectivity index (χ1v) is 27.4. The summed E-state index contributed by atoms with van der Waals surface area (Å²) in [6.45, 7) is 6.42. The van der Waals surface area contributed by atoms with E-state index in [2.05, 4.69) is 93.7 Å². The molecule has 0 saturated carbocycles. The first-order valence-electron chi connectivity index (χ1n) is 27.4. The molecule has 0 rings (SSSR count). The van der Waals surface area contributed by atoms with E-state index in [9.17, 15) is 14.4 Å². The summed E-state index contributed by atoms with van der Waals surface area (Å²) in [7, 11) is 0. The smallest absolute Gasteiger partial charge is 0.306 e. The van der Waals surface area contributed by atoms with Crippen molar-refractivity contribution in [2.75, 3.05) is 13.2 Å². The van der Waals surface area contributed by atoms with Gasteiger partial charge >= 0.3 is 17.9 Å². The Kier molecular flexibility index (Phi) is 50.9. The third-order valence-corrected chi connectivity index (χ3v) is 11.7. The van der Waals surface area contributed by atoms with Crippen LogP contribution in [0.3, 0.4) is 0 Å². The molecule has 0 fully saturated rings. The maximum absolute atomic E-state index is 12.7. The van der Waals surface area contributed by atoms with Crippen molar-refractivity contribution in [3.8, 4) is 0 Å². The van der Waals surface area contributed by atoms with Gasteiger partial charge in [0.05, 0.1) is 0 Å². The van der Waals surface area contributed by atoms with Crippen LogP contribution < -0.4 is 0 Å². The zero-order chi connectivity index (χ0) is 47.2. The fourth-order valence-electron chi connectivity index (χ4n) is 7.58. The maximum Gasteiger partial charge on any atom is 0.306 e. The topological polar surface area (TPSA) is 78.9 Å². The van der Waals surface area contributed by atoms with E-state index in [-0.39, 0.29) is 31.1 Å². The summed E-state index contributed by atoms with van der Waals surface area (Å²) in [5.74, 6) is -0.898. The largest absolute Gasteiger partial charge is 0.462 e. The Hall–Kier alpha value is -3.15. The fourth-order valence-corrected chi connectivity index (χ4v) is 7.58. The van der Waals surface area contributed by atoms with Gasteiger partial charge in [-0.1, -0.05) is 229 Å². The zero-order valence-electron chi connectivity index (χ0n) is 42.7. The molecule has 0 radical (unpaired) electrons. The summed E-state index contributed by atoms with van der Waals surface area (Å²) in [6, 6.07) is 0. The molecule has 6 heteroatoms. The molecule has 0 aliphatic carbocycles. The first-order chi connectivity index (χ1) is 32.0. The maximum atomic E-state index is 12.7. The van der Waals surface area contributed by atoms with Crippen LogP contribution in [0.5, 0.6) is 0 Å². The van der Waals surface area contributed by atoms with Crippen molar-refractivity contribution in [3.63, 3.8) is 0 Å². The highest BCUT2D eigenvalue weighted by molar-refractivity contribution is 5.71. The van der Waals surface area contributed by atoms with Crippen LogP contribution in [0.25, 0.3) is 0 Å². The Morgan fingerprint density at radius 2 is 0.600 bits per heavy atom. The molecular weight excluding hydrogens is 805 g/mol. The predicted molar refractivity (Wildman–Crippen MR) is 279 cm³/mol. The van der Waals surface area contributed by atoms with E-state index in [4.69, 9.17) is 14.2 Å². The van der Waals surface area contributed by atoms with Crippen molar-refractivity contribution in [1.29, 1.82) is 0 Å². The number of carbonyl (C=O) groups excluding carboxylic acids is 3. The quantitative estimate of drug-likeness (QED) is 0.0262. The summed E-state index contributed by atoms with van der Waals surface area (Å²) in [4.78, 5) is 37.7. The molecule has 0 amide bonds. The van der Waals surface area contributed by atoms with Crippen LogP contribution in [0.4, 0.5) is 0 Å². The molecule has 65 heavy (non-hydrogen) atoms. The molecule has 0 bridgehead atoms. The molecule has 1 atom stereocenters. The fraction of sp³-hybridized carbons (Fsp3) is 0.746. The molecule has 0 N–H and O–H groups in total. The normalized spacial score (nSPS) is 12.6. The van der Waals surface area contributed by atoms with Crippen molar-refractivity contribution in [1.82, 2.24) is 0 Å². The Balaban J connectivity index is 4.02. The van der Waals surface area contributed by atoms with E-state index in [1.54, 1.807) is 0 Å². The van der Waals surface area contributed by atoms with Crippen LogP contribution in [0.1, 0.15) is 265 Å². The summed E-state index contributed by atoms with van der Waals surface area (Å²) >= 11 is 0. The summed E-state index contributed by atoms with van der Waals surface area (Å²) < 4.78 is 16.7. The highest BCUT2D eigenvalue weighted by Gasteiger charge is 2.19. The lowest BCUT2D eigenvalue weighted by atomic mass is 10.0. The van der Waals surface area contributed by atoms with Crippen molar-refractivity contribution < 1.29 is 28.6 Å². The lowest BCUT2D eigenvalue weighted by molar-refractivity contribution is -0.167. The van der Waals surface area contributed by atoms with Crippen molar-refractivity contribution in [3.05, 3.63) is 72.9 Å². The Morgan fingerprint density at radius 1 is 0.323 bits per heavy atom. The first kappa shape index (κ1) is 61.9. The molecule has 0 spiro atoms. The molecule has 374 valence electrons. The number of unbranched alkanes of at least 4 members (excludes halogenated alkanes) is 26. The summed E-state index contributed by atoms with van der Waals surface area (Å²) in [6.07, 6.45) is 68.0. The van der Waals surface area contributed by atoms with Gasteiger partial charge in [0.1, 0.15) is 13.2 Å². The highest BCUT2D eigenvalue weighted by Crippen LogP contribution is 2.15. The van der Waals surface area contributed by atoms with Gasteiger partial charge in [0.15, 0.2) is 6.10 Å². The Bertz CT molecular complexity index is 1230. The van der Waals surface area contributed by atoms with E-state index in [1.807, 2.05) is 0 Å².